The molecule has 0 spiro atoms. The summed E-state index contributed by atoms with van der Waals surface area (Å²) in [7, 11) is 0. The van der Waals surface area contributed by atoms with Gasteiger partial charge in [-0.15, -0.1) is 0 Å². The molecular weight excluding hydrogens is 443 g/mol. The number of anilines is 1. The zero-order chi connectivity index (χ0) is 19.3. The number of amides is 1. The van der Waals surface area contributed by atoms with Crippen LogP contribution in [0.4, 0.5) is 10.1 Å². The quantitative estimate of drug-likeness (QED) is 0.349. The van der Waals surface area contributed by atoms with Gasteiger partial charge in [0.15, 0.2) is 5.11 Å². The summed E-state index contributed by atoms with van der Waals surface area (Å²) in [4.78, 5) is 12.3. The Kier molecular flexibility index (Phi) is 7.32. The normalized spacial score (nSPS) is 12.2. The van der Waals surface area contributed by atoms with Crippen molar-refractivity contribution < 1.29 is 9.18 Å². The SMILES string of the molecule is O=C(NC(NC(=S)Nc1ccc(Cl)cc1)C(Cl)(Cl)Cl)c1ccccc1F. The van der Waals surface area contributed by atoms with Gasteiger partial charge in [0, 0.05) is 10.7 Å². The van der Waals surface area contributed by atoms with Gasteiger partial charge in [-0.3, -0.25) is 4.79 Å². The van der Waals surface area contributed by atoms with Crippen molar-refractivity contribution in [1.82, 2.24) is 10.6 Å². The molecule has 0 aliphatic heterocycles. The van der Waals surface area contributed by atoms with Crippen LogP contribution in [0.15, 0.2) is 48.5 Å². The highest BCUT2D eigenvalue weighted by Gasteiger charge is 2.35. The fourth-order valence-electron chi connectivity index (χ4n) is 1.89. The Labute approximate surface area is 174 Å². The molecule has 4 nitrogen and oxygen atoms in total. The van der Waals surface area contributed by atoms with Gasteiger partial charge in [-0.2, -0.15) is 0 Å². The number of hydrogen-bond donors (Lipinski definition) is 3. The van der Waals surface area contributed by atoms with Crippen LogP contribution in [0.3, 0.4) is 0 Å². The third kappa shape index (κ3) is 6.14. The highest BCUT2D eigenvalue weighted by molar-refractivity contribution is 7.80. The highest BCUT2D eigenvalue weighted by atomic mass is 35.6. The molecule has 0 bridgehead atoms. The summed E-state index contributed by atoms with van der Waals surface area (Å²) in [5.41, 5.74) is 0.445. The van der Waals surface area contributed by atoms with E-state index in [1.165, 1.54) is 18.2 Å². The molecule has 0 aromatic heterocycles. The topological polar surface area (TPSA) is 53.2 Å². The van der Waals surface area contributed by atoms with Crippen LogP contribution in [-0.2, 0) is 0 Å². The van der Waals surface area contributed by atoms with Crippen LogP contribution >= 0.6 is 58.6 Å². The first-order chi connectivity index (χ1) is 12.2. The van der Waals surface area contributed by atoms with Crippen molar-refractivity contribution in [1.29, 1.82) is 0 Å². The van der Waals surface area contributed by atoms with E-state index in [9.17, 15) is 9.18 Å². The standard InChI is InChI=1S/C16H12Cl4FN3OS/c17-9-5-7-10(8-6-9)22-15(26)24-14(16(18,19)20)23-13(25)11-3-1-2-4-12(11)21/h1-8,14H,(H,23,25)(H2,22,24,26). The average molecular weight is 455 g/mol. The molecule has 0 saturated heterocycles. The van der Waals surface area contributed by atoms with Crippen LogP contribution in [0.5, 0.6) is 0 Å². The zero-order valence-corrected chi connectivity index (χ0v) is 16.7. The molecule has 0 heterocycles. The molecule has 1 unspecified atom stereocenters. The molecule has 2 rings (SSSR count). The molecule has 0 fully saturated rings. The summed E-state index contributed by atoms with van der Waals surface area (Å²) in [6.07, 6.45) is -1.22. The number of thiocarbonyl (C=S) groups is 1. The lowest BCUT2D eigenvalue weighted by atomic mass is 10.2. The lowest BCUT2D eigenvalue weighted by Gasteiger charge is -2.27. The fourth-order valence-corrected chi connectivity index (χ4v) is 2.57. The summed E-state index contributed by atoms with van der Waals surface area (Å²) in [5, 5.41) is 8.58. The van der Waals surface area contributed by atoms with Gasteiger partial charge in [0.1, 0.15) is 12.0 Å². The predicted octanol–water partition coefficient (Wildman–Crippen LogP) is 4.89. The predicted molar refractivity (Wildman–Crippen MR) is 109 cm³/mol. The molecular formula is C16H12Cl4FN3OS. The summed E-state index contributed by atoms with van der Waals surface area (Å²) >= 11 is 28.6. The van der Waals surface area contributed by atoms with Gasteiger partial charge in [-0.1, -0.05) is 58.5 Å². The number of hydrogen-bond acceptors (Lipinski definition) is 2. The van der Waals surface area contributed by atoms with E-state index in [0.29, 0.717) is 10.7 Å². The van der Waals surface area contributed by atoms with E-state index in [1.54, 1.807) is 24.3 Å². The van der Waals surface area contributed by atoms with Crippen LogP contribution in [0, 0.1) is 5.82 Å². The van der Waals surface area contributed by atoms with Crippen molar-refractivity contribution >= 4 is 75.3 Å². The molecule has 1 atom stereocenters. The number of rotatable bonds is 4. The second-order valence-electron chi connectivity index (χ2n) is 5.03. The van der Waals surface area contributed by atoms with E-state index >= 15 is 0 Å². The van der Waals surface area contributed by atoms with Gasteiger partial charge in [-0.05, 0) is 48.6 Å². The minimum Gasteiger partial charge on any atom is -0.339 e. The lowest BCUT2D eigenvalue weighted by molar-refractivity contribution is 0.0930. The van der Waals surface area contributed by atoms with Crippen LogP contribution < -0.4 is 16.0 Å². The van der Waals surface area contributed by atoms with Gasteiger partial charge in [0.05, 0.1) is 5.56 Å². The fraction of sp³-hybridized carbons (Fsp3) is 0.125. The number of nitrogens with one attached hydrogen (secondary N) is 3. The van der Waals surface area contributed by atoms with Crippen LogP contribution in [-0.4, -0.2) is 21.0 Å². The molecule has 10 heteroatoms. The van der Waals surface area contributed by atoms with E-state index in [1.807, 2.05) is 0 Å². The number of halogens is 5. The third-order valence-electron chi connectivity index (χ3n) is 3.10. The van der Waals surface area contributed by atoms with E-state index in [-0.39, 0.29) is 10.7 Å². The van der Waals surface area contributed by atoms with Crippen molar-refractivity contribution in [3.05, 3.63) is 64.9 Å². The molecule has 2 aromatic carbocycles. The smallest absolute Gasteiger partial charge is 0.255 e. The Morgan fingerprint density at radius 3 is 2.23 bits per heavy atom. The maximum Gasteiger partial charge on any atom is 0.255 e. The van der Waals surface area contributed by atoms with Crippen molar-refractivity contribution in [2.75, 3.05) is 5.32 Å². The number of benzene rings is 2. The molecule has 26 heavy (non-hydrogen) atoms. The van der Waals surface area contributed by atoms with E-state index in [4.69, 9.17) is 58.6 Å². The van der Waals surface area contributed by atoms with Crippen LogP contribution in [0.25, 0.3) is 0 Å². The molecule has 138 valence electrons. The summed E-state index contributed by atoms with van der Waals surface area (Å²) < 4.78 is 11.8. The first-order valence-electron chi connectivity index (χ1n) is 7.12. The second kappa shape index (κ2) is 9.06. The Morgan fingerprint density at radius 2 is 1.65 bits per heavy atom. The lowest BCUT2D eigenvalue weighted by Crippen LogP contribution is -2.56. The second-order valence-corrected chi connectivity index (χ2v) is 8.25. The Balaban J connectivity index is 2.07. The van der Waals surface area contributed by atoms with E-state index in [0.717, 1.165) is 6.07 Å². The number of carbonyl (C=O) groups excluding carboxylic acids is 1. The monoisotopic (exact) mass is 453 g/mol. The van der Waals surface area contributed by atoms with Crippen molar-refractivity contribution in [2.24, 2.45) is 0 Å². The van der Waals surface area contributed by atoms with Crippen molar-refractivity contribution in [2.45, 2.75) is 9.96 Å². The first-order valence-corrected chi connectivity index (χ1v) is 9.04. The molecule has 0 radical (unpaired) electrons. The van der Waals surface area contributed by atoms with Crippen LogP contribution in [0.2, 0.25) is 5.02 Å². The van der Waals surface area contributed by atoms with Crippen molar-refractivity contribution in [3.8, 4) is 0 Å². The highest BCUT2D eigenvalue weighted by Crippen LogP contribution is 2.29. The number of carbonyl (C=O) groups is 1. The van der Waals surface area contributed by atoms with Gasteiger partial charge < -0.3 is 16.0 Å². The largest absolute Gasteiger partial charge is 0.339 e. The first kappa shape index (κ1) is 21.0. The summed E-state index contributed by atoms with van der Waals surface area (Å²) in [6.45, 7) is 0. The molecule has 1 amide bonds. The summed E-state index contributed by atoms with van der Waals surface area (Å²) in [6, 6.07) is 12.2. The third-order valence-corrected chi connectivity index (χ3v) is 4.23. The maximum absolute atomic E-state index is 13.7. The minimum atomic E-state index is -1.95. The van der Waals surface area contributed by atoms with Gasteiger partial charge in [0.25, 0.3) is 5.91 Å². The van der Waals surface area contributed by atoms with Gasteiger partial charge in [0.2, 0.25) is 3.79 Å². The molecule has 2 aromatic rings. The van der Waals surface area contributed by atoms with Crippen LogP contribution in [0.1, 0.15) is 10.4 Å². The van der Waals surface area contributed by atoms with Gasteiger partial charge in [-0.25, -0.2) is 4.39 Å². The summed E-state index contributed by atoms with van der Waals surface area (Å²) in [5.74, 6) is -1.46. The Bertz CT molecular complexity index is 799. The zero-order valence-electron chi connectivity index (χ0n) is 12.9. The minimum absolute atomic E-state index is 0.0810. The molecule has 0 saturated carbocycles. The van der Waals surface area contributed by atoms with E-state index < -0.39 is 21.7 Å². The average Bonchev–Trinajstić information content (AvgIpc) is 2.56. The number of alkyl halides is 3. The Hall–Kier alpha value is -1.31. The maximum atomic E-state index is 13.7. The Morgan fingerprint density at radius 1 is 1.04 bits per heavy atom. The van der Waals surface area contributed by atoms with Crippen molar-refractivity contribution in [3.63, 3.8) is 0 Å². The van der Waals surface area contributed by atoms with E-state index in [2.05, 4.69) is 16.0 Å². The molecule has 0 aliphatic carbocycles. The molecule has 0 aliphatic rings. The molecule has 3 N–H and O–H groups in total. The van der Waals surface area contributed by atoms with Gasteiger partial charge >= 0.3 is 0 Å².